The summed E-state index contributed by atoms with van der Waals surface area (Å²) in [5.74, 6) is -1.21. The molecule has 0 amide bonds. The van der Waals surface area contributed by atoms with Gasteiger partial charge in [-0.15, -0.1) is 0 Å². The van der Waals surface area contributed by atoms with E-state index < -0.39 is 10.9 Å². The van der Waals surface area contributed by atoms with Crippen molar-refractivity contribution in [3.8, 4) is 0 Å². The molecule has 0 saturated carbocycles. The number of carboxylic acids is 1. The van der Waals surface area contributed by atoms with Gasteiger partial charge in [0.2, 0.25) is 0 Å². The Balaban J connectivity index is 3.43. The third-order valence-corrected chi connectivity index (χ3v) is 3.44. The van der Waals surface area contributed by atoms with Crippen LogP contribution < -0.4 is 0 Å². The highest BCUT2D eigenvalue weighted by molar-refractivity contribution is 9.13. The number of nitrogens with zero attached hydrogens (tertiary/aromatic N) is 1. The monoisotopic (exact) mass is 323 g/mol. The molecule has 1 rings (SSSR count). The molecule has 0 heterocycles. The average molecular weight is 325 g/mol. The molecular formula is C7H3Br2NO4. The zero-order chi connectivity index (χ0) is 10.9. The Labute approximate surface area is 95.1 Å². The van der Waals surface area contributed by atoms with Gasteiger partial charge in [0, 0.05) is 10.5 Å². The molecule has 1 aromatic rings. The molecule has 1 N–H and O–H groups in total. The Hall–Kier alpha value is -0.950. The number of aromatic carboxylic acids is 1. The first-order valence-electron chi connectivity index (χ1n) is 3.30. The van der Waals surface area contributed by atoms with Crippen LogP contribution in [0.4, 0.5) is 5.69 Å². The summed E-state index contributed by atoms with van der Waals surface area (Å²) in [4.78, 5) is 20.4. The van der Waals surface area contributed by atoms with Crippen molar-refractivity contribution >= 4 is 43.5 Å². The molecule has 0 atom stereocenters. The highest BCUT2D eigenvalue weighted by Crippen LogP contribution is 2.33. The van der Waals surface area contributed by atoms with Gasteiger partial charge in [0.15, 0.2) is 0 Å². The second-order valence-corrected chi connectivity index (χ2v) is 4.00. The number of hydrogen-bond acceptors (Lipinski definition) is 3. The van der Waals surface area contributed by atoms with E-state index in [1.54, 1.807) is 0 Å². The molecule has 0 radical (unpaired) electrons. The van der Waals surface area contributed by atoms with E-state index in [1.807, 2.05) is 0 Å². The number of benzene rings is 1. The molecule has 0 aliphatic heterocycles. The number of rotatable bonds is 2. The summed E-state index contributed by atoms with van der Waals surface area (Å²) in [6.45, 7) is 0. The highest BCUT2D eigenvalue weighted by atomic mass is 79.9. The first-order valence-corrected chi connectivity index (χ1v) is 4.89. The van der Waals surface area contributed by atoms with E-state index in [2.05, 4.69) is 31.9 Å². The normalized spacial score (nSPS) is 9.86. The molecule has 7 heteroatoms. The van der Waals surface area contributed by atoms with E-state index in [0.717, 1.165) is 6.07 Å². The van der Waals surface area contributed by atoms with Crippen molar-refractivity contribution in [3.63, 3.8) is 0 Å². The van der Waals surface area contributed by atoms with Crippen molar-refractivity contribution in [2.45, 2.75) is 0 Å². The number of carbonyl (C=O) groups is 1. The number of carboxylic acid groups (broad SMARTS) is 1. The van der Waals surface area contributed by atoms with Crippen molar-refractivity contribution in [2.24, 2.45) is 0 Å². The van der Waals surface area contributed by atoms with Crippen molar-refractivity contribution in [2.75, 3.05) is 0 Å². The number of nitro benzene ring substituents is 1. The Morgan fingerprint density at radius 2 is 2.00 bits per heavy atom. The van der Waals surface area contributed by atoms with Gasteiger partial charge in [-0.1, -0.05) is 0 Å². The molecule has 5 nitrogen and oxygen atoms in total. The van der Waals surface area contributed by atoms with Crippen molar-refractivity contribution in [3.05, 3.63) is 36.8 Å². The summed E-state index contributed by atoms with van der Waals surface area (Å²) in [6, 6.07) is 2.29. The van der Waals surface area contributed by atoms with Crippen LogP contribution in [-0.4, -0.2) is 16.0 Å². The van der Waals surface area contributed by atoms with Gasteiger partial charge in [-0.2, -0.15) is 0 Å². The maximum Gasteiger partial charge on any atom is 0.335 e. The van der Waals surface area contributed by atoms with Gasteiger partial charge >= 0.3 is 5.97 Å². The summed E-state index contributed by atoms with van der Waals surface area (Å²) in [7, 11) is 0. The molecule has 14 heavy (non-hydrogen) atoms. The minimum atomic E-state index is -1.21. The molecular weight excluding hydrogens is 322 g/mol. The van der Waals surface area contributed by atoms with Gasteiger partial charge in [0.05, 0.1) is 10.5 Å². The lowest BCUT2D eigenvalue weighted by molar-refractivity contribution is -0.385. The van der Waals surface area contributed by atoms with E-state index in [4.69, 9.17) is 5.11 Å². The Morgan fingerprint density at radius 1 is 1.43 bits per heavy atom. The molecule has 0 unspecified atom stereocenters. The first-order chi connectivity index (χ1) is 6.43. The predicted molar refractivity (Wildman–Crippen MR) is 55.5 cm³/mol. The average Bonchev–Trinajstić information content (AvgIpc) is 2.08. The molecule has 74 valence electrons. The quantitative estimate of drug-likeness (QED) is 0.670. The maximum atomic E-state index is 10.6. The van der Waals surface area contributed by atoms with Crippen LogP contribution >= 0.6 is 31.9 Å². The summed E-state index contributed by atoms with van der Waals surface area (Å²) < 4.78 is 0.566. The lowest BCUT2D eigenvalue weighted by Gasteiger charge is -2.00. The standard InChI is InChI=1S/C7H3Br2NO4/c8-4-1-3(7(11)12)2-5(6(4)9)10(13)14/h1-2H,(H,11,12). The number of hydrogen-bond donors (Lipinski definition) is 1. The number of nitro groups is 1. The van der Waals surface area contributed by atoms with Gasteiger partial charge in [-0.05, 0) is 37.9 Å². The molecule has 1 aromatic carbocycles. The van der Waals surface area contributed by atoms with Gasteiger partial charge < -0.3 is 5.11 Å². The Morgan fingerprint density at radius 3 is 2.43 bits per heavy atom. The Kier molecular flexibility index (Phi) is 3.22. The number of halogens is 2. The summed E-state index contributed by atoms with van der Waals surface area (Å²) in [5.41, 5.74) is -0.413. The topological polar surface area (TPSA) is 80.4 Å². The lowest BCUT2D eigenvalue weighted by Crippen LogP contribution is -1.99. The SMILES string of the molecule is O=C(O)c1cc(Br)c(Br)c([N+](=O)[O-])c1. The largest absolute Gasteiger partial charge is 0.478 e. The van der Waals surface area contributed by atoms with Gasteiger partial charge in [0.1, 0.15) is 4.47 Å². The fourth-order valence-electron chi connectivity index (χ4n) is 0.831. The third-order valence-electron chi connectivity index (χ3n) is 1.45. The smallest absolute Gasteiger partial charge is 0.335 e. The third kappa shape index (κ3) is 2.10. The van der Waals surface area contributed by atoms with E-state index in [9.17, 15) is 14.9 Å². The zero-order valence-electron chi connectivity index (χ0n) is 6.53. The molecule has 0 aliphatic carbocycles. The van der Waals surface area contributed by atoms with Crippen LogP contribution in [0.1, 0.15) is 10.4 Å². The Bertz CT molecular complexity index is 418. The summed E-state index contributed by atoms with van der Waals surface area (Å²) in [5, 5.41) is 19.2. The van der Waals surface area contributed by atoms with E-state index >= 15 is 0 Å². The zero-order valence-corrected chi connectivity index (χ0v) is 9.70. The second-order valence-electron chi connectivity index (χ2n) is 2.35. The molecule has 0 aromatic heterocycles. The van der Waals surface area contributed by atoms with Crippen molar-refractivity contribution < 1.29 is 14.8 Å². The molecule has 0 aliphatic rings. The minimum absolute atomic E-state index is 0.133. The van der Waals surface area contributed by atoms with E-state index in [0.29, 0.717) is 4.47 Å². The van der Waals surface area contributed by atoms with Crippen LogP contribution in [0.25, 0.3) is 0 Å². The van der Waals surface area contributed by atoms with Crippen LogP contribution in [0, 0.1) is 10.1 Å². The second kappa shape index (κ2) is 4.05. The van der Waals surface area contributed by atoms with Gasteiger partial charge in [-0.25, -0.2) is 4.79 Å². The van der Waals surface area contributed by atoms with Crippen molar-refractivity contribution in [1.29, 1.82) is 0 Å². The molecule has 0 saturated heterocycles. The van der Waals surface area contributed by atoms with Crippen LogP contribution in [0.3, 0.4) is 0 Å². The van der Waals surface area contributed by atoms with E-state index in [1.165, 1.54) is 6.07 Å². The lowest BCUT2D eigenvalue weighted by atomic mass is 10.2. The fourth-order valence-corrected chi connectivity index (χ4v) is 1.65. The molecule has 0 bridgehead atoms. The van der Waals surface area contributed by atoms with Crippen molar-refractivity contribution in [1.82, 2.24) is 0 Å². The van der Waals surface area contributed by atoms with Gasteiger partial charge in [0.25, 0.3) is 5.69 Å². The summed E-state index contributed by atoms with van der Waals surface area (Å²) >= 11 is 6.00. The van der Waals surface area contributed by atoms with Crippen LogP contribution in [0.2, 0.25) is 0 Å². The van der Waals surface area contributed by atoms with Gasteiger partial charge in [-0.3, -0.25) is 10.1 Å². The maximum absolute atomic E-state index is 10.6. The summed E-state index contributed by atoms with van der Waals surface area (Å²) in [6.07, 6.45) is 0. The van der Waals surface area contributed by atoms with E-state index in [-0.39, 0.29) is 15.7 Å². The molecule has 0 fully saturated rings. The van der Waals surface area contributed by atoms with Crippen LogP contribution in [-0.2, 0) is 0 Å². The molecule has 0 spiro atoms. The first kappa shape index (κ1) is 11.1. The minimum Gasteiger partial charge on any atom is -0.478 e. The van der Waals surface area contributed by atoms with Crippen LogP contribution in [0.5, 0.6) is 0 Å². The van der Waals surface area contributed by atoms with Crippen LogP contribution in [0.15, 0.2) is 21.1 Å². The predicted octanol–water partition coefficient (Wildman–Crippen LogP) is 2.82. The fraction of sp³-hybridized carbons (Fsp3) is 0. The highest BCUT2D eigenvalue weighted by Gasteiger charge is 2.18.